The van der Waals surface area contributed by atoms with E-state index >= 15 is 0 Å². The number of halogens is 1. The fraction of sp³-hybridized carbons (Fsp3) is 0.0769. The quantitative estimate of drug-likeness (QED) is 0.592. The summed E-state index contributed by atoms with van der Waals surface area (Å²) >= 11 is 6.10. The maximum atomic E-state index is 12.1. The number of hydrogen-bond acceptors (Lipinski definition) is 2. The van der Waals surface area contributed by atoms with E-state index in [1.807, 2.05) is 31.2 Å². The third kappa shape index (κ3) is 1.14. The van der Waals surface area contributed by atoms with Crippen molar-refractivity contribution < 1.29 is 4.79 Å². The van der Waals surface area contributed by atoms with Crippen LogP contribution in [-0.4, -0.2) is 10.8 Å². The monoisotopic (exact) mass is 229 g/mol. The maximum absolute atomic E-state index is 12.1. The second-order valence-corrected chi connectivity index (χ2v) is 4.25. The summed E-state index contributed by atoms with van der Waals surface area (Å²) in [4.78, 5) is 16.5. The molecular formula is C13H8ClNO. The van der Waals surface area contributed by atoms with Gasteiger partial charge in [0.15, 0.2) is 5.78 Å². The molecule has 0 atom stereocenters. The third-order valence-corrected chi connectivity index (χ3v) is 3.05. The van der Waals surface area contributed by atoms with Gasteiger partial charge in [-0.1, -0.05) is 35.9 Å². The average Bonchev–Trinajstić information content (AvgIpc) is 2.54. The highest BCUT2D eigenvalue weighted by Gasteiger charge is 2.29. The summed E-state index contributed by atoms with van der Waals surface area (Å²) in [6.07, 6.45) is 0. The molecule has 0 radical (unpaired) electrons. The van der Waals surface area contributed by atoms with E-state index in [1.165, 1.54) is 0 Å². The Hall–Kier alpha value is -1.67. The van der Waals surface area contributed by atoms with Crippen LogP contribution < -0.4 is 0 Å². The first kappa shape index (κ1) is 9.55. The largest absolute Gasteiger partial charge is 0.288 e. The van der Waals surface area contributed by atoms with E-state index in [9.17, 15) is 4.79 Å². The molecule has 0 spiro atoms. The van der Waals surface area contributed by atoms with Crippen molar-refractivity contribution in [3.05, 3.63) is 52.2 Å². The van der Waals surface area contributed by atoms with E-state index < -0.39 is 0 Å². The molecule has 1 aliphatic carbocycles. The highest BCUT2D eigenvalue weighted by Crippen LogP contribution is 2.38. The molecule has 1 heterocycles. The Morgan fingerprint density at radius 2 is 1.88 bits per heavy atom. The van der Waals surface area contributed by atoms with Crippen LogP contribution in [0, 0.1) is 6.92 Å². The molecule has 0 N–H and O–H groups in total. The number of rotatable bonds is 0. The van der Waals surface area contributed by atoms with Gasteiger partial charge in [-0.3, -0.25) is 9.78 Å². The lowest BCUT2D eigenvalue weighted by molar-refractivity contribution is 0.104. The van der Waals surface area contributed by atoms with Crippen molar-refractivity contribution in [2.24, 2.45) is 0 Å². The molecule has 0 bridgehead atoms. The fourth-order valence-electron chi connectivity index (χ4n) is 2.07. The Labute approximate surface area is 97.9 Å². The van der Waals surface area contributed by atoms with E-state index in [0.717, 1.165) is 11.3 Å². The van der Waals surface area contributed by atoms with E-state index in [4.69, 9.17) is 11.6 Å². The number of nitrogens with zero attached hydrogens (tertiary/aromatic N) is 1. The van der Waals surface area contributed by atoms with E-state index in [2.05, 4.69) is 4.98 Å². The summed E-state index contributed by atoms with van der Waals surface area (Å²) in [6.45, 7) is 1.87. The Bertz CT molecular complexity index is 619. The van der Waals surface area contributed by atoms with Crippen molar-refractivity contribution >= 4 is 17.4 Å². The second-order valence-electron chi connectivity index (χ2n) is 3.84. The van der Waals surface area contributed by atoms with Crippen LogP contribution in [0.5, 0.6) is 0 Å². The minimum absolute atomic E-state index is 0.0249. The van der Waals surface area contributed by atoms with Crippen LogP contribution >= 0.6 is 11.6 Å². The molecule has 16 heavy (non-hydrogen) atoms. The molecule has 78 valence electrons. The lowest BCUT2D eigenvalue weighted by atomic mass is 10.1. The number of aryl methyl sites for hydroxylation is 1. The number of pyridine rings is 1. The van der Waals surface area contributed by atoms with E-state index in [1.54, 1.807) is 6.07 Å². The van der Waals surface area contributed by atoms with Gasteiger partial charge < -0.3 is 0 Å². The van der Waals surface area contributed by atoms with Crippen molar-refractivity contribution in [3.63, 3.8) is 0 Å². The molecule has 0 aliphatic heterocycles. The van der Waals surface area contributed by atoms with Crippen LogP contribution in [-0.2, 0) is 0 Å². The van der Waals surface area contributed by atoms with Crippen LogP contribution in [0.2, 0.25) is 5.02 Å². The van der Waals surface area contributed by atoms with Crippen LogP contribution in [0.3, 0.4) is 0 Å². The van der Waals surface area contributed by atoms with Gasteiger partial charge in [-0.05, 0) is 13.0 Å². The molecule has 1 aromatic heterocycles. The van der Waals surface area contributed by atoms with Crippen LogP contribution in [0.15, 0.2) is 30.3 Å². The van der Waals surface area contributed by atoms with E-state index in [-0.39, 0.29) is 5.78 Å². The van der Waals surface area contributed by atoms with Gasteiger partial charge in [0.05, 0.1) is 16.3 Å². The van der Waals surface area contributed by atoms with Crippen molar-refractivity contribution in [2.75, 3.05) is 0 Å². The molecule has 0 unspecified atom stereocenters. The van der Waals surface area contributed by atoms with Gasteiger partial charge in [-0.15, -0.1) is 0 Å². The molecule has 3 rings (SSSR count). The minimum Gasteiger partial charge on any atom is -0.288 e. The SMILES string of the molecule is Cc1cc(Cl)c2c(n1)-c1ccccc1C2=O. The average molecular weight is 230 g/mol. The minimum atomic E-state index is -0.0249. The van der Waals surface area contributed by atoms with Gasteiger partial charge >= 0.3 is 0 Å². The Morgan fingerprint density at radius 1 is 1.19 bits per heavy atom. The smallest absolute Gasteiger partial charge is 0.197 e. The zero-order chi connectivity index (χ0) is 11.3. The number of ketones is 1. The topological polar surface area (TPSA) is 30.0 Å². The molecule has 0 saturated heterocycles. The van der Waals surface area contributed by atoms with Crippen LogP contribution in [0.1, 0.15) is 21.6 Å². The van der Waals surface area contributed by atoms with Gasteiger partial charge in [0.25, 0.3) is 0 Å². The lowest BCUT2D eigenvalue weighted by Crippen LogP contribution is -1.97. The van der Waals surface area contributed by atoms with Crippen molar-refractivity contribution in [1.82, 2.24) is 4.98 Å². The third-order valence-electron chi connectivity index (χ3n) is 2.75. The van der Waals surface area contributed by atoms with Crippen molar-refractivity contribution in [2.45, 2.75) is 6.92 Å². The number of fused-ring (bicyclic) bond motifs is 3. The molecule has 1 aromatic carbocycles. The fourth-order valence-corrected chi connectivity index (χ4v) is 2.40. The summed E-state index contributed by atoms with van der Waals surface area (Å²) in [6, 6.07) is 9.19. The Balaban J connectivity index is 2.42. The summed E-state index contributed by atoms with van der Waals surface area (Å²) < 4.78 is 0. The highest BCUT2D eigenvalue weighted by atomic mass is 35.5. The first-order valence-electron chi connectivity index (χ1n) is 5.00. The summed E-state index contributed by atoms with van der Waals surface area (Å²) in [5.41, 5.74) is 3.65. The number of carbonyl (C=O) groups excluding carboxylic acids is 1. The number of benzene rings is 1. The predicted octanol–water partition coefficient (Wildman–Crippen LogP) is 3.25. The first-order valence-corrected chi connectivity index (χ1v) is 5.37. The Kier molecular flexibility index (Phi) is 1.88. The normalized spacial score (nSPS) is 12.5. The second kappa shape index (κ2) is 3.16. The van der Waals surface area contributed by atoms with Gasteiger partial charge in [-0.25, -0.2) is 0 Å². The van der Waals surface area contributed by atoms with E-state index in [0.29, 0.717) is 21.8 Å². The van der Waals surface area contributed by atoms with Gasteiger partial charge in [0.1, 0.15) is 0 Å². The van der Waals surface area contributed by atoms with Gasteiger partial charge in [-0.2, -0.15) is 0 Å². The molecule has 1 aliphatic rings. The summed E-state index contributed by atoms with van der Waals surface area (Å²) in [5.74, 6) is -0.0249. The molecular weight excluding hydrogens is 222 g/mol. The van der Waals surface area contributed by atoms with Crippen molar-refractivity contribution in [1.29, 1.82) is 0 Å². The highest BCUT2D eigenvalue weighted by molar-refractivity contribution is 6.37. The van der Waals surface area contributed by atoms with Crippen LogP contribution in [0.4, 0.5) is 0 Å². The molecule has 2 nitrogen and oxygen atoms in total. The standard InChI is InChI=1S/C13H8ClNO/c1-7-6-10(14)11-12(15-7)8-4-2-3-5-9(8)13(11)16/h2-6H,1H3. The summed E-state index contributed by atoms with van der Waals surface area (Å²) in [5, 5.41) is 0.490. The maximum Gasteiger partial charge on any atom is 0.197 e. The van der Waals surface area contributed by atoms with Gasteiger partial charge in [0.2, 0.25) is 0 Å². The first-order chi connectivity index (χ1) is 7.68. The lowest BCUT2D eigenvalue weighted by Gasteiger charge is -2.02. The van der Waals surface area contributed by atoms with Crippen LogP contribution in [0.25, 0.3) is 11.3 Å². The number of hydrogen-bond donors (Lipinski definition) is 0. The summed E-state index contributed by atoms with van der Waals surface area (Å²) in [7, 11) is 0. The van der Waals surface area contributed by atoms with Gasteiger partial charge in [0, 0.05) is 16.8 Å². The molecule has 3 heteroatoms. The van der Waals surface area contributed by atoms with Crippen molar-refractivity contribution in [3.8, 4) is 11.3 Å². The molecule has 0 amide bonds. The predicted molar refractivity (Wildman–Crippen MR) is 62.9 cm³/mol. The number of aromatic nitrogens is 1. The zero-order valence-electron chi connectivity index (χ0n) is 8.62. The molecule has 0 saturated carbocycles. The number of carbonyl (C=O) groups is 1. The zero-order valence-corrected chi connectivity index (χ0v) is 9.38. The Morgan fingerprint density at radius 3 is 2.62 bits per heavy atom. The molecule has 0 fully saturated rings. The molecule has 2 aromatic rings.